The van der Waals surface area contributed by atoms with Crippen LogP contribution in [0.3, 0.4) is 0 Å². The van der Waals surface area contributed by atoms with Gasteiger partial charge in [0.25, 0.3) is 0 Å². The van der Waals surface area contributed by atoms with Gasteiger partial charge < -0.3 is 10.8 Å². The maximum atomic E-state index is 9.28. The van der Waals surface area contributed by atoms with Gasteiger partial charge in [0.2, 0.25) is 0 Å². The van der Waals surface area contributed by atoms with Crippen molar-refractivity contribution in [3.8, 4) is 0 Å². The van der Waals surface area contributed by atoms with Gasteiger partial charge in [-0.25, -0.2) is 0 Å². The normalized spacial score (nSPS) is 27.3. The summed E-state index contributed by atoms with van der Waals surface area (Å²) in [6.07, 6.45) is 1.47. The highest BCUT2D eigenvalue weighted by atomic mass is 32.1. The Bertz CT molecular complexity index is 174. The molecule has 3 nitrogen and oxygen atoms in total. The van der Waals surface area contributed by atoms with E-state index in [1.54, 1.807) is 0 Å². The van der Waals surface area contributed by atoms with Gasteiger partial charge in [-0.2, -0.15) is 0 Å². The van der Waals surface area contributed by atoms with Crippen LogP contribution in [0, 0.1) is 0 Å². The van der Waals surface area contributed by atoms with E-state index >= 15 is 0 Å². The molecule has 0 aromatic carbocycles. The minimum Gasteiger partial charge on any atom is -0.393 e. The molecule has 0 bridgehead atoms. The molecule has 0 amide bonds. The van der Waals surface area contributed by atoms with E-state index < -0.39 is 0 Å². The summed E-state index contributed by atoms with van der Waals surface area (Å²) < 4.78 is 0. The number of rotatable bonds is 3. The molecule has 1 fully saturated rings. The molecule has 2 atom stereocenters. The van der Waals surface area contributed by atoms with Gasteiger partial charge in [0, 0.05) is 25.6 Å². The lowest BCUT2D eigenvalue weighted by Gasteiger charge is -2.22. The number of likely N-dealkylation sites (tertiary alicyclic amines) is 1. The third-order valence-corrected chi connectivity index (χ3v) is 2.48. The number of nitrogens with zero attached hydrogens (tertiary/aromatic N) is 1. The largest absolute Gasteiger partial charge is 0.393 e. The van der Waals surface area contributed by atoms with Gasteiger partial charge in [-0.1, -0.05) is 12.2 Å². The monoisotopic (exact) mass is 188 g/mol. The van der Waals surface area contributed by atoms with Crippen LogP contribution in [-0.4, -0.2) is 40.2 Å². The van der Waals surface area contributed by atoms with Crippen molar-refractivity contribution in [3.63, 3.8) is 0 Å². The zero-order chi connectivity index (χ0) is 9.14. The molecule has 0 saturated carbocycles. The predicted octanol–water partition coefficient (Wildman–Crippen LogP) is 0.118. The molecule has 1 rings (SSSR count). The minimum atomic E-state index is -0.154. The smallest absolute Gasteiger partial charge is 0.0742 e. The van der Waals surface area contributed by atoms with Crippen molar-refractivity contribution in [1.82, 2.24) is 4.90 Å². The van der Waals surface area contributed by atoms with E-state index in [0.29, 0.717) is 11.0 Å². The van der Waals surface area contributed by atoms with Crippen LogP contribution in [0.4, 0.5) is 0 Å². The lowest BCUT2D eigenvalue weighted by atomic mass is 10.2. The second-order valence-corrected chi connectivity index (χ2v) is 3.98. The van der Waals surface area contributed by atoms with Crippen LogP contribution in [0.2, 0.25) is 0 Å². The topological polar surface area (TPSA) is 49.5 Å². The van der Waals surface area contributed by atoms with Crippen LogP contribution >= 0.6 is 12.2 Å². The lowest BCUT2D eigenvalue weighted by Crippen LogP contribution is -2.34. The van der Waals surface area contributed by atoms with E-state index in [1.807, 2.05) is 0 Å². The maximum absolute atomic E-state index is 9.28. The van der Waals surface area contributed by atoms with Gasteiger partial charge in [-0.05, 0) is 13.3 Å². The first-order chi connectivity index (χ1) is 5.59. The zero-order valence-electron chi connectivity index (χ0n) is 7.36. The number of thiocarbonyl (C=S) groups is 1. The predicted molar refractivity (Wildman–Crippen MR) is 53.1 cm³/mol. The van der Waals surface area contributed by atoms with Crippen molar-refractivity contribution in [3.05, 3.63) is 0 Å². The number of hydrogen-bond donors (Lipinski definition) is 2. The maximum Gasteiger partial charge on any atom is 0.0742 e. The minimum absolute atomic E-state index is 0.154. The highest BCUT2D eigenvalue weighted by Gasteiger charge is 2.24. The average molecular weight is 188 g/mol. The molecule has 1 aliphatic rings. The molecule has 70 valence electrons. The Hall–Kier alpha value is -0.190. The molecular formula is C8H16N2OS. The van der Waals surface area contributed by atoms with E-state index in [4.69, 9.17) is 18.0 Å². The summed E-state index contributed by atoms with van der Waals surface area (Å²) in [5, 5.41) is 9.28. The molecule has 2 unspecified atom stereocenters. The van der Waals surface area contributed by atoms with E-state index in [2.05, 4.69) is 11.8 Å². The summed E-state index contributed by atoms with van der Waals surface area (Å²) in [7, 11) is 0. The average Bonchev–Trinajstić information content (AvgIpc) is 2.34. The Morgan fingerprint density at radius 1 is 1.83 bits per heavy atom. The quantitative estimate of drug-likeness (QED) is 0.618. The first kappa shape index (κ1) is 9.89. The highest BCUT2D eigenvalue weighted by Crippen LogP contribution is 2.14. The van der Waals surface area contributed by atoms with Crippen LogP contribution in [-0.2, 0) is 0 Å². The summed E-state index contributed by atoms with van der Waals surface area (Å²) >= 11 is 4.83. The van der Waals surface area contributed by atoms with E-state index in [-0.39, 0.29) is 6.10 Å². The van der Waals surface area contributed by atoms with E-state index in [1.165, 1.54) is 0 Å². The highest BCUT2D eigenvalue weighted by molar-refractivity contribution is 7.80. The van der Waals surface area contributed by atoms with E-state index in [9.17, 15) is 5.11 Å². The van der Waals surface area contributed by atoms with Gasteiger partial charge in [-0.15, -0.1) is 0 Å². The number of hydrogen-bond acceptors (Lipinski definition) is 3. The second-order valence-electron chi connectivity index (χ2n) is 3.46. The van der Waals surface area contributed by atoms with Crippen molar-refractivity contribution >= 4 is 17.2 Å². The summed E-state index contributed by atoms with van der Waals surface area (Å²) in [4.78, 5) is 2.79. The van der Waals surface area contributed by atoms with Crippen LogP contribution in [0.1, 0.15) is 19.8 Å². The SMILES string of the molecule is CC(CC(N)=S)N1CCC(O)C1. The summed E-state index contributed by atoms with van der Waals surface area (Å²) in [6, 6.07) is 0.375. The molecule has 0 aromatic heterocycles. The standard InChI is InChI=1S/C8H16N2OS/c1-6(4-8(9)12)10-3-2-7(11)5-10/h6-7,11H,2-5H2,1H3,(H2,9,12). The molecule has 1 heterocycles. The fourth-order valence-electron chi connectivity index (χ4n) is 1.59. The molecule has 0 radical (unpaired) electrons. The number of nitrogens with two attached hydrogens (primary N) is 1. The molecule has 0 aromatic rings. The molecule has 1 aliphatic heterocycles. The van der Waals surface area contributed by atoms with Crippen molar-refractivity contribution in [1.29, 1.82) is 0 Å². The molecule has 3 N–H and O–H groups in total. The third kappa shape index (κ3) is 2.69. The molecule has 1 saturated heterocycles. The number of aliphatic hydroxyl groups is 1. The number of aliphatic hydroxyl groups excluding tert-OH is 1. The van der Waals surface area contributed by atoms with Crippen molar-refractivity contribution in [2.24, 2.45) is 5.73 Å². The Kier molecular flexibility index (Phi) is 3.43. The lowest BCUT2D eigenvalue weighted by molar-refractivity contribution is 0.164. The molecule has 0 spiro atoms. The second kappa shape index (κ2) is 4.16. The first-order valence-corrected chi connectivity index (χ1v) is 4.71. The molecule has 0 aliphatic carbocycles. The third-order valence-electron chi connectivity index (χ3n) is 2.31. The van der Waals surface area contributed by atoms with E-state index in [0.717, 1.165) is 25.9 Å². The Morgan fingerprint density at radius 3 is 2.92 bits per heavy atom. The fourth-order valence-corrected chi connectivity index (χ4v) is 1.83. The van der Waals surface area contributed by atoms with Crippen LogP contribution < -0.4 is 5.73 Å². The van der Waals surface area contributed by atoms with Gasteiger partial charge in [0.15, 0.2) is 0 Å². The molecule has 4 heteroatoms. The first-order valence-electron chi connectivity index (χ1n) is 4.30. The Labute approximate surface area is 78.5 Å². The van der Waals surface area contributed by atoms with Crippen LogP contribution in [0.25, 0.3) is 0 Å². The van der Waals surface area contributed by atoms with Gasteiger partial charge in [-0.3, -0.25) is 4.90 Å². The summed E-state index contributed by atoms with van der Waals surface area (Å²) in [5.74, 6) is 0. The van der Waals surface area contributed by atoms with Gasteiger partial charge in [0.1, 0.15) is 0 Å². The van der Waals surface area contributed by atoms with Gasteiger partial charge >= 0.3 is 0 Å². The Morgan fingerprint density at radius 2 is 2.50 bits per heavy atom. The van der Waals surface area contributed by atoms with Crippen LogP contribution in [0.15, 0.2) is 0 Å². The zero-order valence-corrected chi connectivity index (χ0v) is 8.18. The fraction of sp³-hybridized carbons (Fsp3) is 0.875. The Balaban J connectivity index is 2.32. The number of β-amino-alcohol motifs (C(OH)–C–C–N with tert-alkyl or cyclic N) is 1. The van der Waals surface area contributed by atoms with Crippen molar-refractivity contribution in [2.75, 3.05) is 13.1 Å². The summed E-state index contributed by atoms with van der Waals surface area (Å²) in [6.45, 7) is 3.83. The van der Waals surface area contributed by atoms with Gasteiger partial charge in [0.05, 0.1) is 11.1 Å². The molecule has 12 heavy (non-hydrogen) atoms. The van der Waals surface area contributed by atoms with Crippen molar-refractivity contribution in [2.45, 2.75) is 31.9 Å². The van der Waals surface area contributed by atoms with Crippen molar-refractivity contribution < 1.29 is 5.11 Å². The van der Waals surface area contributed by atoms with Crippen LogP contribution in [0.5, 0.6) is 0 Å². The summed E-state index contributed by atoms with van der Waals surface area (Å²) in [5.41, 5.74) is 5.44. The molecular weight excluding hydrogens is 172 g/mol.